The zero-order chi connectivity index (χ0) is 26.3. The Hall–Kier alpha value is -4.47. The molecule has 4 aromatic carbocycles. The number of nitrogens with one attached hydrogen (secondary N) is 2. The summed E-state index contributed by atoms with van der Waals surface area (Å²) in [6.07, 6.45) is 1.43. The lowest BCUT2D eigenvalue weighted by atomic mass is 10.2. The summed E-state index contributed by atoms with van der Waals surface area (Å²) in [4.78, 5) is 24.7. The van der Waals surface area contributed by atoms with Crippen LogP contribution in [0, 0.1) is 0 Å². The summed E-state index contributed by atoms with van der Waals surface area (Å²) in [7, 11) is -3.72. The number of carbonyl (C=O) groups excluding carboxylic acids is 2. The second kappa shape index (κ2) is 11.5. The summed E-state index contributed by atoms with van der Waals surface area (Å²) in [6.45, 7) is 0. The van der Waals surface area contributed by atoms with Crippen molar-refractivity contribution in [3.63, 3.8) is 0 Å². The van der Waals surface area contributed by atoms with Crippen molar-refractivity contribution in [1.82, 2.24) is 5.43 Å². The van der Waals surface area contributed by atoms with E-state index >= 15 is 0 Å². The monoisotopic (exact) mass is 533 g/mol. The van der Waals surface area contributed by atoms with Crippen LogP contribution in [0.2, 0.25) is 5.02 Å². The van der Waals surface area contributed by atoms with Gasteiger partial charge in [-0.2, -0.15) is 5.10 Å². The summed E-state index contributed by atoms with van der Waals surface area (Å²) < 4.78 is 32.6. The number of hydrogen-bond donors (Lipinski definition) is 2. The molecule has 0 aromatic heterocycles. The Morgan fingerprint density at radius 3 is 2.19 bits per heavy atom. The minimum atomic E-state index is -3.72. The van der Waals surface area contributed by atoms with Crippen LogP contribution in [0.5, 0.6) is 5.75 Å². The lowest BCUT2D eigenvalue weighted by molar-refractivity contribution is 0.0734. The van der Waals surface area contributed by atoms with E-state index in [1.807, 2.05) is 0 Å². The van der Waals surface area contributed by atoms with Crippen LogP contribution < -0.4 is 14.9 Å². The molecule has 0 spiro atoms. The molecule has 0 fully saturated rings. The van der Waals surface area contributed by atoms with Gasteiger partial charge in [-0.05, 0) is 84.4 Å². The number of ether oxygens (including phenoxy) is 1. The first-order valence-corrected chi connectivity index (χ1v) is 12.8. The van der Waals surface area contributed by atoms with Crippen molar-refractivity contribution >= 4 is 45.4 Å². The topological polar surface area (TPSA) is 114 Å². The van der Waals surface area contributed by atoms with Gasteiger partial charge in [-0.15, -0.1) is 0 Å². The van der Waals surface area contributed by atoms with Gasteiger partial charge in [0, 0.05) is 16.3 Å². The lowest BCUT2D eigenvalue weighted by Gasteiger charge is -2.08. The van der Waals surface area contributed by atoms with Gasteiger partial charge in [0.2, 0.25) is 0 Å². The zero-order valence-electron chi connectivity index (χ0n) is 19.2. The number of hydrazone groups is 1. The molecule has 186 valence electrons. The van der Waals surface area contributed by atoms with Gasteiger partial charge in [-0.25, -0.2) is 18.6 Å². The molecule has 4 rings (SSSR count). The Balaban J connectivity index is 1.30. The van der Waals surface area contributed by atoms with E-state index in [4.69, 9.17) is 16.3 Å². The first kappa shape index (κ1) is 25.6. The van der Waals surface area contributed by atoms with Crippen LogP contribution in [0.25, 0.3) is 0 Å². The van der Waals surface area contributed by atoms with E-state index in [2.05, 4.69) is 15.2 Å². The molecule has 10 heteroatoms. The fourth-order valence-corrected chi connectivity index (χ4v) is 4.41. The second-order valence-corrected chi connectivity index (χ2v) is 9.78. The Bertz CT molecular complexity index is 1540. The van der Waals surface area contributed by atoms with Gasteiger partial charge in [0.1, 0.15) is 5.75 Å². The maximum absolute atomic E-state index is 12.4. The van der Waals surface area contributed by atoms with Crippen molar-refractivity contribution < 1.29 is 22.7 Å². The summed E-state index contributed by atoms with van der Waals surface area (Å²) in [5.74, 6) is -0.662. The molecule has 0 saturated carbocycles. The standard InChI is InChI=1S/C27H20ClN3O5S/c28-22-6-4-5-21(17-22)27(33)36-24-15-9-19(10-16-24)18-29-30-26(32)20-11-13-23(14-12-20)31-37(34,35)25-7-2-1-3-8-25/h1-18,31H,(H,30,32)/b29-18+. The lowest BCUT2D eigenvalue weighted by Crippen LogP contribution is -2.18. The maximum atomic E-state index is 12.4. The molecule has 1 amide bonds. The van der Waals surface area contributed by atoms with E-state index in [0.29, 0.717) is 33.1 Å². The molecule has 0 bridgehead atoms. The molecule has 0 aliphatic heterocycles. The van der Waals surface area contributed by atoms with Gasteiger partial charge >= 0.3 is 5.97 Å². The quantitative estimate of drug-likeness (QED) is 0.141. The van der Waals surface area contributed by atoms with Crippen LogP contribution in [-0.2, 0) is 10.0 Å². The molecule has 0 radical (unpaired) electrons. The van der Waals surface area contributed by atoms with Gasteiger partial charge in [0.25, 0.3) is 15.9 Å². The smallest absolute Gasteiger partial charge is 0.343 e. The minimum absolute atomic E-state index is 0.137. The highest BCUT2D eigenvalue weighted by atomic mass is 35.5. The normalized spacial score (nSPS) is 11.2. The number of anilines is 1. The summed E-state index contributed by atoms with van der Waals surface area (Å²) >= 11 is 5.90. The molecule has 0 aliphatic rings. The van der Waals surface area contributed by atoms with E-state index in [1.54, 1.807) is 60.7 Å². The summed E-state index contributed by atoms with van der Waals surface area (Å²) in [5, 5.41) is 4.37. The van der Waals surface area contributed by atoms with E-state index < -0.39 is 21.9 Å². The average molecular weight is 534 g/mol. The van der Waals surface area contributed by atoms with Gasteiger partial charge < -0.3 is 4.74 Å². The summed E-state index contributed by atoms with van der Waals surface area (Å²) in [6, 6.07) is 26.9. The third-order valence-electron chi connectivity index (χ3n) is 4.98. The number of halogens is 1. The third-order valence-corrected chi connectivity index (χ3v) is 6.62. The molecule has 0 atom stereocenters. The molecule has 4 aromatic rings. The molecule has 0 aliphatic carbocycles. The van der Waals surface area contributed by atoms with Crippen LogP contribution in [-0.4, -0.2) is 26.5 Å². The average Bonchev–Trinajstić information content (AvgIpc) is 2.90. The van der Waals surface area contributed by atoms with Crippen molar-refractivity contribution in [2.24, 2.45) is 5.10 Å². The number of rotatable bonds is 8. The highest BCUT2D eigenvalue weighted by Crippen LogP contribution is 2.17. The van der Waals surface area contributed by atoms with Crippen LogP contribution in [0.1, 0.15) is 26.3 Å². The number of hydrogen-bond acceptors (Lipinski definition) is 6. The van der Waals surface area contributed by atoms with Crippen molar-refractivity contribution in [3.8, 4) is 5.75 Å². The van der Waals surface area contributed by atoms with Crippen molar-refractivity contribution in [3.05, 3.63) is 125 Å². The van der Waals surface area contributed by atoms with Crippen LogP contribution in [0.15, 0.2) is 113 Å². The van der Waals surface area contributed by atoms with Gasteiger partial charge in [0.15, 0.2) is 0 Å². The van der Waals surface area contributed by atoms with Crippen molar-refractivity contribution in [2.45, 2.75) is 4.90 Å². The van der Waals surface area contributed by atoms with E-state index in [-0.39, 0.29) is 4.90 Å². The molecule has 0 saturated heterocycles. The minimum Gasteiger partial charge on any atom is -0.423 e. The molecule has 0 heterocycles. The van der Waals surface area contributed by atoms with E-state index in [1.165, 1.54) is 48.7 Å². The second-order valence-electron chi connectivity index (χ2n) is 7.66. The number of sulfonamides is 1. The molecular weight excluding hydrogens is 514 g/mol. The fourth-order valence-electron chi connectivity index (χ4n) is 3.14. The zero-order valence-corrected chi connectivity index (χ0v) is 20.7. The number of esters is 1. The number of benzene rings is 4. The largest absolute Gasteiger partial charge is 0.423 e. The van der Waals surface area contributed by atoms with Gasteiger partial charge in [-0.3, -0.25) is 9.52 Å². The molecule has 8 nitrogen and oxygen atoms in total. The van der Waals surface area contributed by atoms with E-state index in [9.17, 15) is 18.0 Å². The number of carbonyl (C=O) groups is 2. The van der Waals surface area contributed by atoms with Crippen LogP contribution in [0.4, 0.5) is 5.69 Å². The predicted octanol–water partition coefficient (Wildman–Crippen LogP) is 5.12. The SMILES string of the molecule is O=C(N/N=C/c1ccc(OC(=O)c2cccc(Cl)c2)cc1)c1ccc(NS(=O)(=O)c2ccccc2)cc1. The third kappa shape index (κ3) is 7.03. The molecule has 37 heavy (non-hydrogen) atoms. The number of amides is 1. The van der Waals surface area contributed by atoms with Gasteiger partial charge in [-0.1, -0.05) is 35.9 Å². The summed E-state index contributed by atoms with van der Waals surface area (Å²) in [5.41, 5.74) is 4.02. The molecule has 2 N–H and O–H groups in total. The first-order chi connectivity index (χ1) is 17.8. The molecular formula is C27H20ClN3O5S. The van der Waals surface area contributed by atoms with Crippen molar-refractivity contribution in [2.75, 3.05) is 4.72 Å². The van der Waals surface area contributed by atoms with Crippen LogP contribution >= 0.6 is 11.6 Å². The van der Waals surface area contributed by atoms with E-state index in [0.717, 1.165) is 0 Å². The highest BCUT2D eigenvalue weighted by Gasteiger charge is 2.14. The first-order valence-electron chi connectivity index (χ1n) is 10.9. The highest BCUT2D eigenvalue weighted by molar-refractivity contribution is 7.92. The van der Waals surface area contributed by atoms with Crippen LogP contribution in [0.3, 0.4) is 0 Å². The van der Waals surface area contributed by atoms with Crippen molar-refractivity contribution in [1.29, 1.82) is 0 Å². The predicted molar refractivity (Wildman–Crippen MR) is 142 cm³/mol. The Morgan fingerprint density at radius 1 is 0.811 bits per heavy atom. The Labute approximate surface area is 218 Å². The Kier molecular flexibility index (Phi) is 7.97. The maximum Gasteiger partial charge on any atom is 0.343 e. The Morgan fingerprint density at radius 2 is 1.51 bits per heavy atom. The molecule has 0 unspecified atom stereocenters. The van der Waals surface area contributed by atoms with Gasteiger partial charge in [0.05, 0.1) is 16.7 Å². The number of nitrogens with zero attached hydrogens (tertiary/aromatic N) is 1. The fraction of sp³-hybridized carbons (Fsp3) is 0.